The molecule has 24 heavy (non-hydrogen) atoms. The van der Waals surface area contributed by atoms with Crippen LogP contribution in [0.5, 0.6) is 0 Å². The van der Waals surface area contributed by atoms with Gasteiger partial charge in [0.1, 0.15) is 23.2 Å². The van der Waals surface area contributed by atoms with Gasteiger partial charge in [-0.05, 0) is 41.0 Å². The number of hydrogen-bond acceptors (Lipinski definition) is 5. The second-order valence-corrected chi connectivity index (χ2v) is 7.30. The van der Waals surface area contributed by atoms with Gasteiger partial charge in [-0.15, -0.1) is 0 Å². The van der Waals surface area contributed by atoms with E-state index in [1.807, 2.05) is 0 Å². The first-order valence-corrected chi connectivity index (χ1v) is 7.78. The van der Waals surface area contributed by atoms with Crippen molar-refractivity contribution in [1.29, 1.82) is 0 Å². The molecule has 1 aliphatic heterocycles. The maximum atomic E-state index is 15.2. The summed E-state index contributed by atoms with van der Waals surface area (Å²) in [6.07, 6.45) is 0.866. The maximum Gasteiger partial charge on any atom is 0.410 e. The molecule has 1 aliphatic rings. The number of aromatic nitrogens is 2. The molecule has 1 aromatic rings. The lowest BCUT2D eigenvalue weighted by Crippen LogP contribution is -2.53. The highest BCUT2D eigenvalue weighted by Gasteiger charge is 2.45. The van der Waals surface area contributed by atoms with Crippen LogP contribution in [0, 0.1) is 17.0 Å². The first-order valence-electron chi connectivity index (χ1n) is 7.78. The Bertz CT molecular complexity index is 650. The Morgan fingerprint density at radius 3 is 2.62 bits per heavy atom. The zero-order valence-electron chi connectivity index (χ0n) is 14.6. The van der Waals surface area contributed by atoms with Gasteiger partial charge in [0.05, 0.1) is 17.5 Å². The number of hydrogen-bond donors (Lipinski definition) is 0. The van der Waals surface area contributed by atoms with E-state index < -0.39 is 28.3 Å². The third-order valence-corrected chi connectivity index (χ3v) is 4.03. The van der Waals surface area contributed by atoms with Gasteiger partial charge in [0, 0.05) is 6.54 Å². The van der Waals surface area contributed by atoms with Crippen molar-refractivity contribution in [2.45, 2.75) is 58.4 Å². The van der Waals surface area contributed by atoms with Crippen LogP contribution in [0.25, 0.3) is 0 Å². The molecule has 2 heterocycles. The molecule has 0 aromatic carbocycles. The molecule has 2 unspecified atom stereocenters. The lowest BCUT2D eigenvalue weighted by atomic mass is 9.91. The van der Waals surface area contributed by atoms with E-state index in [-0.39, 0.29) is 12.2 Å². The topological polar surface area (TPSA) is 90.5 Å². The van der Waals surface area contributed by atoms with Crippen molar-refractivity contribution in [3.8, 4) is 0 Å². The Kier molecular flexibility index (Phi) is 4.56. The molecular formula is C15H23FN4O4. The Morgan fingerprint density at radius 2 is 2.17 bits per heavy atom. The molecule has 2 atom stereocenters. The zero-order chi connectivity index (χ0) is 18.3. The van der Waals surface area contributed by atoms with Crippen LogP contribution in [0.2, 0.25) is 0 Å². The molecule has 1 fully saturated rings. The van der Waals surface area contributed by atoms with Crippen molar-refractivity contribution in [3.63, 3.8) is 0 Å². The molecule has 0 N–H and O–H groups in total. The average Bonchev–Trinajstić information content (AvgIpc) is 2.77. The fourth-order valence-corrected chi connectivity index (χ4v) is 2.90. The number of carbonyl (C=O) groups excluding carboxylic acids is 1. The summed E-state index contributed by atoms with van der Waals surface area (Å²) in [6, 6.07) is -0.676. The van der Waals surface area contributed by atoms with E-state index >= 15 is 4.39 Å². The van der Waals surface area contributed by atoms with Crippen molar-refractivity contribution in [3.05, 3.63) is 22.0 Å². The Balaban J connectivity index is 2.18. The lowest BCUT2D eigenvalue weighted by Gasteiger charge is -2.41. The van der Waals surface area contributed by atoms with Crippen LogP contribution in [0.4, 0.5) is 14.9 Å². The first kappa shape index (κ1) is 18.2. The predicted molar refractivity (Wildman–Crippen MR) is 84.6 cm³/mol. The summed E-state index contributed by atoms with van der Waals surface area (Å²) >= 11 is 0. The van der Waals surface area contributed by atoms with E-state index in [0.717, 1.165) is 6.20 Å². The number of likely N-dealkylation sites (tertiary alicyclic amines) is 1. The second-order valence-electron chi connectivity index (χ2n) is 7.30. The fourth-order valence-electron chi connectivity index (χ4n) is 2.90. The quantitative estimate of drug-likeness (QED) is 0.609. The molecule has 0 aliphatic carbocycles. The van der Waals surface area contributed by atoms with E-state index in [1.165, 1.54) is 16.5 Å². The van der Waals surface area contributed by atoms with Crippen LogP contribution in [0.3, 0.4) is 0 Å². The average molecular weight is 342 g/mol. The summed E-state index contributed by atoms with van der Waals surface area (Å²) in [5.74, 6) is 0. The van der Waals surface area contributed by atoms with Gasteiger partial charge in [-0.25, -0.2) is 9.18 Å². The summed E-state index contributed by atoms with van der Waals surface area (Å²) in [5.41, 5.74) is -2.26. The highest BCUT2D eigenvalue weighted by molar-refractivity contribution is 5.68. The fraction of sp³-hybridized carbons (Fsp3) is 0.733. The summed E-state index contributed by atoms with van der Waals surface area (Å²) < 4.78 is 21.8. The molecule has 1 saturated heterocycles. The minimum atomic E-state index is -1.78. The van der Waals surface area contributed by atoms with Gasteiger partial charge in [0.25, 0.3) is 0 Å². The second kappa shape index (κ2) is 6.03. The van der Waals surface area contributed by atoms with Gasteiger partial charge < -0.3 is 9.64 Å². The number of piperidine rings is 1. The standard InChI is InChI=1S/C15H23FN4O4/c1-10-11(20(22)23)8-17-19(10)12-6-7-18(9-15(12,5)16)13(21)24-14(2,3)4/h8,12H,6-7,9H2,1-5H3. The molecular weight excluding hydrogens is 319 g/mol. The molecule has 0 saturated carbocycles. The highest BCUT2D eigenvalue weighted by Crippen LogP contribution is 2.37. The summed E-state index contributed by atoms with van der Waals surface area (Å²) in [6.45, 7) is 8.31. The number of nitro groups is 1. The van der Waals surface area contributed by atoms with E-state index in [2.05, 4.69) is 5.10 Å². The number of nitrogens with zero attached hydrogens (tertiary/aromatic N) is 4. The Labute approximate surface area is 139 Å². The number of rotatable bonds is 2. The van der Waals surface area contributed by atoms with Crippen molar-refractivity contribution >= 4 is 11.8 Å². The minimum Gasteiger partial charge on any atom is -0.444 e. The van der Waals surface area contributed by atoms with Gasteiger partial charge in [-0.3, -0.25) is 14.8 Å². The SMILES string of the molecule is Cc1c([N+](=O)[O-])cnn1C1CCN(C(=O)OC(C)(C)C)CC1(C)F. The Morgan fingerprint density at radius 1 is 1.54 bits per heavy atom. The zero-order valence-corrected chi connectivity index (χ0v) is 14.6. The van der Waals surface area contributed by atoms with Crippen molar-refractivity contribution in [2.75, 3.05) is 13.1 Å². The van der Waals surface area contributed by atoms with Crippen LogP contribution in [0.15, 0.2) is 6.20 Å². The molecule has 8 nitrogen and oxygen atoms in total. The number of amides is 1. The molecule has 9 heteroatoms. The van der Waals surface area contributed by atoms with Crippen molar-refractivity contribution in [1.82, 2.24) is 14.7 Å². The molecule has 134 valence electrons. The maximum absolute atomic E-state index is 15.2. The van der Waals surface area contributed by atoms with Crippen molar-refractivity contribution in [2.24, 2.45) is 0 Å². The molecule has 1 aromatic heterocycles. The number of ether oxygens (including phenoxy) is 1. The van der Waals surface area contributed by atoms with E-state index in [4.69, 9.17) is 4.74 Å². The number of carbonyl (C=O) groups is 1. The van der Waals surface area contributed by atoms with Gasteiger partial charge in [-0.2, -0.15) is 5.10 Å². The van der Waals surface area contributed by atoms with Crippen molar-refractivity contribution < 1.29 is 18.8 Å². The van der Waals surface area contributed by atoms with Crippen LogP contribution >= 0.6 is 0 Å². The van der Waals surface area contributed by atoms with Crippen LogP contribution < -0.4 is 0 Å². The number of alkyl halides is 1. The van der Waals surface area contributed by atoms with E-state index in [9.17, 15) is 14.9 Å². The summed E-state index contributed by atoms with van der Waals surface area (Å²) in [5, 5.41) is 14.9. The molecule has 0 spiro atoms. The molecule has 0 bridgehead atoms. The van der Waals surface area contributed by atoms with Crippen LogP contribution in [-0.4, -0.2) is 50.1 Å². The monoisotopic (exact) mass is 342 g/mol. The smallest absolute Gasteiger partial charge is 0.410 e. The number of halogens is 1. The van der Waals surface area contributed by atoms with E-state index in [1.54, 1.807) is 27.7 Å². The normalized spacial score (nSPS) is 24.8. The van der Waals surface area contributed by atoms with Gasteiger partial charge >= 0.3 is 11.8 Å². The van der Waals surface area contributed by atoms with Crippen LogP contribution in [-0.2, 0) is 4.74 Å². The van der Waals surface area contributed by atoms with Gasteiger partial charge in [0.2, 0.25) is 0 Å². The highest BCUT2D eigenvalue weighted by atomic mass is 19.1. The Hall–Kier alpha value is -2.19. The van der Waals surface area contributed by atoms with Gasteiger partial charge in [0.15, 0.2) is 0 Å². The largest absolute Gasteiger partial charge is 0.444 e. The third-order valence-electron chi connectivity index (χ3n) is 4.03. The lowest BCUT2D eigenvalue weighted by molar-refractivity contribution is -0.385. The van der Waals surface area contributed by atoms with E-state index in [0.29, 0.717) is 18.7 Å². The third kappa shape index (κ3) is 3.65. The molecule has 2 rings (SSSR count). The molecule has 1 amide bonds. The summed E-state index contributed by atoms with van der Waals surface area (Å²) in [7, 11) is 0. The van der Waals surface area contributed by atoms with Crippen LogP contribution in [0.1, 0.15) is 45.9 Å². The first-order chi connectivity index (χ1) is 10.9. The summed E-state index contributed by atoms with van der Waals surface area (Å²) in [4.78, 5) is 23.9. The molecule has 0 radical (unpaired) electrons. The minimum absolute atomic E-state index is 0.139. The predicted octanol–water partition coefficient (Wildman–Crippen LogP) is 3.01. The van der Waals surface area contributed by atoms with Gasteiger partial charge in [-0.1, -0.05) is 0 Å².